The van der Waals surface area contributed by atoms with Gasteiger partial charge < -0.3 is 23.7 Å². The maximum atomic E-state index is 11.9. The summed E-state index contributed by atoms with van der Waals surface area (Å²) in [6, 6.07) is 0. The molecule has 2 aliphatic rings. The first-order valence-corrected chi connectivity index (χ1v) is 6.98. The first kappa shape index (κ1) is 17.2. The summed E-state index contributed by atoms with van der Waals surface area (Å²) in [6.07, 6.45) is -4.14. The third kappa shape index (κ3) is 3.29. The Hall–Kier alpha value is -2.16. The lowest BCUT2D eigenvalue weighted by atomic mass is 9.97. The zero-order chi connectivity index (χ0) is 17.4. The highest BCUT2D eigenvalue weighted by Gasteiger charge is 2.74. The van der Waals surface area contributed by atoms with Crippen molar-refractivity contribution in [1.82, 2.24) is 0 Å². The van der Waals surface area contributed by atoms with Crippen molar-refractivity contribution < 1.29 is 42.9 Å². The van der Waals surface area contributed by atoms with Gasteiger partial charge in [0.2, 0.25) is 0 Å². The summed E-state index contributed by atoms with van der Waals surface area (Å²) >= 11 is 0. The van der Waals surface area contributed by atoms with Crippen LogP contribution in [-0.2, 0) is 42.9 Å². The topological polar surface area (TPSA) is 114 Å². The molecule has 0 aromatic carbocycles. The van der Waals surface area contributed by atoms with E-state index in [1.54, 1.807) is 0 Å². The van der Waals surface area contributed by atoms with Gasteiger partial charge in [0, 0.05) is 27.2 Å². The summed E-state index contributed by atoms with van der Waals surface area (Å²) in [4.78, 5) is 46.0. The SMILES string of the molecule is COC(=O)C1O[C@H]2C[C@@]2(OC(C)=O)C(OC(C)=O)[C@@H]1OC(C)=O. The van der Waals surface area contributed by atoms with Crippen LogP contribution in [0.2, 0.25) is 0 Å². The highest BCUT2D eigenvalue weighted by molar-refractivity contribution is 5.77. The van der Waals surface area contributed by atoms with Crippen LogP contribution in [0.15, 0.2) is 0 Å². The molecule has 9 nitrogen and oxygen atoms in total. The van der Waals surface area contributed by atoms with E-state index in [2.05, 4.69) is 4.74 Å². The van der Waals surface area contributed by atoms with Crippen molar-refractivity contribution in [2.75, 3.05) is 7.11 Å². The van der Waals surface area contributed by atoms with Crippen LogP contribution >= 0.6 is 0 Å². The summed E-state index contributed by atoms with van der Waals surface area (Å²) in [5.74, 6) is -2.76. The Morgan fingerprint density at radius 2 is 1.61 bits per heavy atom. The fraction of sp³-hybridized carbons (Fsp3) is 0.714. The van der Waals surface area contributed by atoms with Crippen LogP contribution in [0, 0.1) is 0 Å². The second-order valence-corrected chi connectivity index (χ2v) is 5.43. The van der Waals surface area contributed by atoms with Gasteiger partial charge in [0.25, 0.3) is 0 Å². The summed E-state index contributed by atoms with van der Waals surface area (Å²) < 4.78 is 25.7. The molecule has 5 atom stereocenters. The molecule has 0 radical (unpaired) electrons. The van der Waals surface area contributed by atoms with E-state index in [0.29, 0.717) is 0 Å². The van der Waals surface area contributed by atoms with E-state index in [1.807, 2.05) is 0 Å². The maximum Gasteiger partial charge on any atom is 0.339 e. The molecule has 0 spiro atoms. The third-order valence-corrected chi connectivity index (χ3v) is 3.64. The van der Waals surface area contributed by atoms with Gasteiger partial charge in [-0.3, -0.25) is 14.4 Å². The number of rotatable bonds is 4. The summed E-state index contributed by atoms with van der Waals surface area (Å²) in [7, 11) is 1.15. The average molecular weight is 330 g/mol. The number of methoxy groups -OCH3 is 1. The first-order chi connectivity index (χ1) is 10.7. The van der Waals surface area contributed by atoms with Crippen LogP contribution in [-0.4, -0.2) is 61.0 Å². The van der Waals surface area contributed by atoms with Gasteiger partial charge in [-0.15, -0.1) is 0 Å². The first-order valence-electron chi connectivity index (χ1n) is 6.98. The monoisotopic (exact) mass is 330 g/mol. The Kier molecular flexibility index (Phi) is 4.60. The second kappa shape index (κ2) is 6.15. The van der Waals surface area contributed by atoms with E-state index in [9.17, 15) is 19.2 Å². The van der Waals surface area contributed by atoms with E-state index >= 15 is 0 Å². The van der Waals surface area contributed by atoms with Crippen molar-refractivity contribution in [3.63, 3.8) is 0 Å². The number of carbonyl (C=O) groups is 4. The molecule has 1 saturated carbocycles. The fourth-order valence-corrected chi connectivity index (χ4v) is 2.78. The van der Waals surface area contributed by atoms with Crippen molar-refractivity contribution in [3.05, 3.63) is 0 Å². The fourth-order valence-electron chi connectivity index (χ4n) is 2.78. The Labute approximate surface area is 132 Å². The van der Waals surface area contributed by atoms with Gasteiger partial charge >= 0.3 is 23.9 Å². The van der Waals surface area contributed by atoms with E-state index in [4.69, 9.17) is 18.9 Å². The summed E-state index contributed by atoms with van der Waals surface area (Å²) in [5.41, 5.74) is -1.26. The number of esters is 4. The highest BCUT2D eigenvalue weighted by Crippen LogP contribution is 2.53. The largest absolute Gasteiger partial charge is 0.467 e. The number of hydrogen-bond donors (Lipinski definition) is 0. The Balaban J connectivity index is 2.37. The van der Waals surface area contributed by atoms with Crippen LogP contribution in [0.3, 0.4) is 0 Å². The normalized spacial score (nSPS) is 34.6. The molecule has 128 valence electrons. The second-order valence-electron chi connectivity index (χ2n) is 5.43. The standard InChI is InChI=1S/C14H18O9/c1-6(15)20-10-11(13(18)19-4)22-9-5-14(9,23-8(3)17)12(10)21-7(2)16/h9-12H,5H2,1-4H3/t9-,10+,11?,12?,14-/m0/s1. The minimum absolute atomic E-state index is 0.218. The smallest absolute Gasteiger partial charge is 0.339 e. The lowest BCUT2D eigenvalue weighted by molar-refractivity contribution is -0.231. The molecule has 1 saturated heterocycles. The molecule has 0 N–H and O–H groups in total. The van der Waals surface area contributed by atoms with Crippen molar-refractivity contribution in [2.24, 2.45) is 0 Å². The van der Waals surface area contributed by atoms with Gasteiger partial charge in [0.15, 0.2) is 23.9 Å². The van der Waals surface area contributed by atoms with E-state index in [-0.39, 0.29) is 6.42 Å². The van der Waals surface area contributed by atoms with Crippen LogP contribution < -0.4 is 0 Å². The van der Waals surface area contributed by atoms with E-state index in [1.165, 1.54) is 6.92 Å². The minimum Gasteiger partial charge on any atom is -0.467 e. The van der Waals surface area contributed by atoms with Crippen molar-refractivity contribution in [1.29, 1.82) is 0 Å². The summed E-state index contributed by atoms with van der Waals surface area (Å²) in [5, 5.41) is 0. The molecule has 1 aliphatic heterocycles. The zero-order valence-corrected chi connectivity index (χ0v) is 13.2. The lowest BCUT2D eigenvalue weighted by Crippen LogP contribution is -2.60. The molecule has 1 aliphatic carbocycles. The van der Waals surface area contributed by atoms with Crippen LogP contribution in [0.5, 0.6) is 0 Å². The molecule has 0 amide bonds. The van der Waals surface area contributed by atoms with Crippen molar-refractivity contribution in [2.45, 2.75) is 57.2 Å². The van der Waals surface area contributed by atoms with Gasteiger partial charge in [-0.05, 0) is 0 Å². The molecule has 9 heteroatoms. The predicted molar refractivity (Wildman–Crippen MR) is 70.9 cm³/mol. The van der Waals surface area contributed by atoms with Crippen molar-refractivity contribution in [3.8, 4) is 0 Å². The lowest BCUT2D eigenvalue weighted by Gasteiger charge is -2.39. The Bertz CT molecular complexity index is 542. The molecule has 2 fully saturated rings. The zero-order valence-electron chi connectivity index (χ0n) is 13.2. The molecule has 2 unspecified atom stereocenters. The van der Waals surface area contributed by atoms with Gasteiger partial charge in [0.05, 0.1) is 7.11 Å². The number of carbonyl (C=O) groups excluding carboxylic acids is 4. The molecule has 0 bridgehead atoms. The third-order valence-electron chi connectivity index (χ3n) is 3.64. The van der Waals surface area contributed by atoms with Gasteiger partial charge in [-0.25, -0.2) is 4.79 Å². The Morgan fingerprint density at radius 1 is 1.00 bits per heavy atom. The van der Waals surface area contributed by atoms with Crippen LogP contribution in [0.25, 0.3) is 0 Å². The molecule has 0 aromatic heterocycles. The van der Waals surface area contributed by atoms with Crippen LogP contribution in [0.1, 0.15) is 27.2 Å². The highest BCUT2D eigenvalue weighted by atomic mass is 16.7. The quantitative estimate of drug-likeness (QED) is 0.497. The number of fused-ring (bicyclic) bond motifs is 1. The molecular weight excluding hydrogens is 312 g/mol. The van der Waals surface area contributed by atoms with E-state index < -0.39 is 53.9 Å². The predicted octanol–water partition coefficient (Wildman–Crippen LogP) is -0.504. The number of ether oxygens (including phenoxy) is 5. The Morgan fingerprint density at radius 3 is 2.09 bits per heavy atom. The molecule has 2 rings (SSSR count). The van der Waals surface area contributed by atoms with E-state index in [0.717, 1.165) is 21.0 Å². The molecule has 0 aromatic rings. The van der Waals surface area contributed by atoms with Gasteiger partial charge in [-0.1, -0.05) is 0 Å². The van der Waals surface area contributed by atoms with Gasteiger partial charge in [0.1, 0.15) is 6.10 Å². The average Bonchev–Trinajstić information content (AvgIpc) is 3.12. The minimum atomic E-state index is -1.28. The molecule has 1 heterocycles. The van der Waals surface area contributed by atoms with Crippen LogP contribution in [0.4, 0.5) is 0 Å². The number of hydrogen-bond acceptors (Lipinski definition) is 9. The molecular formula is C14H18O9. The van der Waals surface area contributed by atoms with Gasteiger partial charge in [-0.2, -0.15) is 0 Å². The maximum absolute atomic E-state index is 11.9. The molecule has 23 heavy (non-hydrogen) atoms. The summed E-state index contributed by atoms with van der Waals surface area (Å²) in [6.45, 7) is 3.49. The van der Waals surface area contributed by atoms with Crippen molar-refractivity contribution >= 4 is 23.9 Å².